The normalized spacial score (nSPS) is 8.92. The molecule has 0 aromatic carbocycles. The molecule has 0 atom stereocenters. The van der Waals surface area contributed by atoms with Crippen LogP contribution in [0.5, 0.6) is 0 Å². The van der Waals surface area contributed by atoms with Gasteiger partial charge in [-0.25, -0.2) is 0 Å². The van der Waals surface area contributed by atoms with Crippen LogP contribution in [0, 0.1) is 0 Å². The number of hydrogen-bond acceptors (Lipinski definition) is 8. The first-order chi connectivity index (χ1) is 4.00. The zero-order chi connectivity index (χ0) is 9.00. The van der Waals surface area contributed by atoms with Crippen LogP contribution in [0.1, 0.15) is 0 Å². The molecular weight excluding hydrogens is 262 g/mol. The Hall–Kier alpha value is 2.51. The van der Waals surface area contributed by atoms with Crippen molar-refractivity contribution in [1.82, 2.24) is 0 Å². The summed E-state index contributed by atoms with van der Waals surface area (Å²) >= 11 is 0. The summed E-state index contributed by atoms with van der Waals surface area (Å²) in [6.45, 7) is 0. The standard InChI is InChI=1S/Mg.2Na.2H2O4S/c;;;2*1-5(2,3)4/h;;;2*(H2,1,2,3,4)/q+2;2*+1;;/p-4. The molecule has 64 valence electrons. The molecule has 0 amide bonds. The zero-order valence-corrected chi connectivity index (χ0v) is 13.8. The summed E-state index contributed by atoms with van der Waals surface area (Å²) in [5.74, 6) is 0. The fourth-order valence-corrected chi connectivity index (χ4v) is 0. The first-order valence-electron chi connectivity index (χ1n) is 1.33. The summed E-state index contributed by atoms with van der Waals surface area (Å²) in [5.41, 5.74) is 0. The average molecular weight is 262 g/mol. The van der Waals surface area contributed by atoms with Crippen LogP contribution in [0.2, 0.25) is 0 Å². The minimum absolute atomic E-state index is 0. The van der Waals surface area contributed by atoms with Gasteiger partial charge in [0.1, 0.15) is 0 Å². The maximum absolute atomic E-state index is 8.52. The van der Waals surface area contributed by atoms with E-state index >= 15 is 0 Å². The molecule has 13 heteroatoms. The van der Waals surface area contributed by atoms with Gasteiger partial charge in [0.25, 0.3) is 0 Å². The molecule has 0 unspecified atom stereocenters. The summed E-state index contributed by atoms with van der Waals surface area (Å²) in [5, 5.41) is 0. The van der Waals surface area contributed by atoms with Gasteiger partial charge in [-0.15, -0.1) is 0 Å². The molecule has 0 saturated carbocycles. The summed E-state index contributed by atoms with van der Waals surface area (Å²) in [6, 6.07) is 0. The van der Waals surface area contributed by atoms with E-state index in [2.05, 4.69) is 0 Å². The van der Waals surface area contributed by atoms with Gasteiger partial charge in [-0.3, -0.25) is 16.8 Å². The fourth-order valence-electron chi connectivity index (χ4n) is 0. The molecule has 0 saturated heterocycles. The first-order valence-corrected chi connectivity index (χ1v) is 4.00. The van der Waals surface area contributed by atoms with Crippen LogP contribution >= 0.6 is 0 Å². The molecule has 0 aromatic heterocycles. The predicted molar refractivity (Wildman–Crippen MR) is 26.7 cm³/mol. The number of hydrogen-bond donors (Lipinski definition) is 0. The van der Waals surface area contributed by atoms with E-state index in [1.54, 1.807) is 0 Å². The van der Waals surface area contributed by atoms with Crippen LogP contribution in [0.3, 0.4) is 0 Å². The Bertz CT molecular complexity index is 217. The third kappa shape index (κ3) is 361. The van der Waals surface area contributed by atoms with E-state index in [4.69, 9.17) is 35.0 Å². The van der Waals surface area contributed by atoms with Crippen LogP contribution < -0.4 is 59.1 Å². The van der Waals surface area contributed by atoms with Crippen LogP contribution in [-0.4, -0.2) is 58.1 Å². The van der Waals surface area contributed by atoms with Crippen molar-refractivity contribution in [1.29, 1.82) is 0 Å². The molecule has 0 radical (unpaired) electrons. The Balaban J connectivity index is -0.0000000267. The molecule has 0 N–H and O–H groups in total. The molecule has 0 aliphatic heterocycles. The van der Waals surface area contributed by atoms with Crippen molar-refractivity contribution in [3.8, 4) is 0 Å². The smallest absolute Gasteiger partial charge is 0.759 e. The molecule has 0 spiro atoms. The topological polar surface area (TPSA) is 161 Å². The van der Waals surface area contributed by atoms with Crippen molar-refractivity contribution in [3.05, 3.63) is 0 Å². The quantitative estimate of drug-likeness (QED) is 0.236. The third-order valence-corrected chi connectivity index (χ3v) is 0. The SMILES string of the molecule is O=S(=O)([O-])[O-].O=S(=O)([O-])[O-].[Mg+2].[Na+].[Na+]. The van der Waals surface area contributed by atoms with Crippen molar-refractivity contribution < 1.29 is 94.2 Å². The van der Waals surface area contributed by atoms with Crippen molar-refractivity contribution in [2.75, 3.05) is 0 Å². The van der Waals surface area contributed by atoms with E-state index in [-0.39, 0.29) is 82.2 Å². The van der Waals surface area contributed by atoms with Crippen molar-refractivity contribution in [2.45, 2.75) is 0 Å². The van der Waals surface area contributed by atoms with Gasteiger partial charge in [-0.05, 0) is 0 Å². The Morgan fingerprint density at radius 3 is 0.615 bits per heavy atom. The Morgan fingerprint density at radius 1 is 0.615 bits per heavy atom. The van der Waals surface area contributed by atoms with Gasteiger partial charge in [0.15, 0.2) is 0 Å². The van der Waals surface area contributed by atoms with Gasteiger partial charge < -0.3 is 18.2 Å². The molecule has 0 rings (SSSR count). The second kappa shape index (κ2) is 12.6. The van der Waals surface area contributed by atoms with Crippen LogP contribution in [-0.2, 0) is 20.8 Å². The molecule has 13 heavy (non-hydrogen) atoms. The van der Waals surface area contributed by atoms with E-state index in [9.17, 15) is 0 Å². The van der Waals surface area contributed by atoms with Crippen LogP contribution in [0.15, 0.2) is 0 Å². The van der Waals surface area contributed by atoms with Crippen molar-refractivity contribution in [3.63, 3.8) is 0 Å². The first kappa shape index (κ1) is 29.6. The van der Waals surface area contributed by atoms with E-state index in [0.29, 0.717) is 0 Å². The van der Waals surface area contributed by atoms with Gasteiger partial charge >= 0.3 is 82.2 Å². The van der Waals surface area contributed by atoms with Gasteiger partial charge in [-0.1, -0.05) is 0 Å². The van der Waals surface area contributed by atoms with Crippen LogP contribution in [0.4, 0.5) is 0 Å². The summed E-state index contributed by atoms with van der Waals surface area (Å²) in [4.78, 5) is 0. The Morgan fingerprint density at radius 2 is 0.615 bits per heavy atom. The second-order valence-corrected chi connectivity index (χ2v) is 2.45. The molecule has 0 aliphatic carbocycles. The maximum Gasteiger partial charge on any atom is 2.00 e. The summed E-state index contributed by atoms with van der Waals surface area (Å²) in [7, 11) is -10.3. The monoisotopic (exact) mass is 262 g/mol. The van der Waals surface area contributed by atoms with Crippen molar-refractivity contribution in [2.24, 2.45) is 0 Å². The van der Waals surface area contributed by atoms with E-state index < -0.39 is 20.8 Å². The third-order valence-electron chi connectivity index (χ3n) is 0. The van der Waals surface area contributed by atoms with E-state index in [0.717, 1.165) is 0 Å². The summed E-state index contributed by atoms with van der Waals surface area (Å²) < 4.78 is 68.2. The Labute approximate surface area is 136 Å². The zero-order valence-electron chi connectivity index (χ0n) is 6.79. The molecular formula is MgNa2O8S2. The molecule has 8 nitrogen and oxygen atoms in total. The average Bonchev–Trinajstić information content (AvgIpc) is 1.12. The van der Waals surface area contributed by atoms with E-state index in [1.807, 2.05) is 0 Å². The molecule has 0 heterocycles. The fraction of sp³-hybridized carbons (Fsp3) is 0. The van der Waals surface area contributed by atoms with E-state index in [1.165, 1.54) is 0 Å². The minimum atomic E-state index is -5.17. The summed E-state index contributed by atoms with van der Waals surface area (Å²) in [6.07, 6.45) is 0. The van der Waals surface area contributed by atoms with Gasteiger partial charge in [-0.2, -0.15) is 0 Å². The largest absolute Gasteiger partial charge is 2.00 e. The molecule has 0 bridgehead atoms. The maximum atomic E-state index is 8.52. The number of rotatable bonds is 0. The minimum Gasteiger partial charge on any atom is -0.759 e. The van der Waals surface area contributed by atoms with Gasteiger partial charge in [0, 0.05) is 20.8 Å². The Kier molecular flexibility index (Phi) is 28.6. The molecule has 0 aliphatic rings. The second-order valence-electron chi connectivity index (χ2n) is 0.816. The van der Waals surface area contributed by atoms with Gasteiger partial charge in [0.05, 0.1) is 0 Å². The van der Waals surface area contributed by atoms with Crippen LogP contribution in [0.25, 0.3) is 0 Å². The molecule has 0 fully saturated rings. The molecule has 0 aromatic rings. The van der Waals surface area contributed by atoms with Gasteiger partial charge in [0.2, 0.25) is 0 Å². The van der Waals surface area contributed by atoms with Crippen molar-refractivity contribution >= 4 is 43.9 Å². The predicted octanol–water partition coefficient (Wildman–Crippen LogP) is -9.05.